The third kappa shape index (κ3) is 5.38. The summed E-state index contributed by atoms with van der Waals surface area (Å²) in [4.78, 5) is 0. The quantitative estimate of drug-likeness (QED) is 0.460. The molecule has 0 saturated heterocycles. The first-order valence-electron chi connectivity index (χ1n) is 3.39. The zero-order valence-electron chi connectivity index (χ0n) is 6.85. The van der Waals surface area contributed by atoms with Gasteiger partial charge < -0.3 is 5.43 Å². The molecule has 0 aromatic heterocycles. The molecular weight excluding hydrogens is 124 g/mol. The number of hydrogen-bond acceptors (Lipinski definition) is 2. The lowest BCUT2D eigenvalue weighted by molar-refractivity contribution is 0.323. The molecule has 1 N–H and O–H groups in total. The van der Waals surface area contributed by atoms with Gasteiger partial charge in [0.05, 0.1) is 0 Å². The number of allylic oxidation sites excluding steroid dienone is 2. The Bertz CT molecular complexity index is 116. The molecule has 2 nitrogen and oxygen atoms in total. The molecule has 0 aliphatic heterocycles. The second kappa shape index (κ2) is 5.06. The van der Waals surface area contributed by atoms with Crippen LogP contribution in [-0.4, -0.2) is 19.1 Å². The molecule has 0 rings (SSSR count). The van der Waals surface area contributed by atoms with Crippen LogP contribution in [0, 0.1) is 0 Å². The van der Waals surface area contributed by atoms with Gasteiger partial charge in [0.1, 0.15) is 0 Å². The van der Waals surface area contributed by atoms with E-state index in [1.54, 1.807) is 0 Å². The maximum absolute atomic E-state index is 3.83. The zero-order chi connectivity index (χ0) is 7.98. The average molecular weight is 140 g/mol. The summed E-state index contributed by atoms with van der Waals surface area (Å²) in [7, 11) is 3.89. The van der Waals surface area contributed by atoms with E-state index in [0.29, 0.717) is 0 Å². The van der Waals surface area contributed by atoms with Crippen LogP contribution < -0.4 is 5.43 Å². The van der Waals surface area contributed by atoms with Crippen molar-refractivity contribution in [3.8, 4) is 0 Å². The van der Waals surface area contributed by atoms with Crippen molar-refractivity contribution in [1.29, 1.82) is 0 Å². The van der Waals surface area contributed by atoms with Crippen LogP contribution >= 0.6 is 0 Å². The molecule has 10 heavy (non-hydrogen) atoms. The molecule has 0 heterocycles. The molecule has 0 spiro atoms. The van der Waals surface area contributed by atoms with Crippen molar-refractivity contribution in [1.82, 2.24) is 10.4 Å². The van der Waals surface area contributed by atoms with Gasteiger partial charge in [-0.05, 0) is 12.8 Å². The number of hydrazine groups is 1. The van der Waals surface area contributed by atoms with Gasteiger partial charge in [-0.15, -0.1) is 6.58 Å². The van der Waals surface area contributed by atoms with Crippen molar-refractivity contribution in [2.75, 3.05) is 14.1 Å². The van der Waals surface area contributed by atoms with Crippen molar-refractivity contribution in [2.45, 2.75) is 12.8 Å². The number of rotatable bonds is 5. The first-order valence-corrected chi connectivity index (χ1v) is 3.39. The molecule has 0 aromatic carbocycles. The Balaban J connectivity index is 3.34. The SMILES string of the molecule is C=CCCC(=C)NN(C)C. The first-order chi connectivity index (χ1) is 4.66. The van der Waals surface area contributed by atoms with Gasteiger partial charge in [-0.25, -0.2) is 5.01 Å². The highest BCUT2D eigenvalue weighted by Gasteiger charge is 1.90. The molecule has 0 aliphatic rings. The van der Waals surface area contributed by atoms with Crippen molar-refractivity contribution in [3.63, 3.8) is 0 Å². The van der Waals surface area contributed by atoms with Crippen LogP contribution in [0.25, 0.3) is 0 Å². The van der Waals surface area contributed by atoms with Crippen molar-refractivity contribution in [2.24, 2.45) is 0 Å². The molecule has 0 fully saturated rings. The van der Waals surface area contributed by atoms with Gasteiger partial charge in [-0.1, -0.05) is 12.7 Å². The van der Waals surface area contributed by atoms with Crippen LogP contribution in [0.5, 0.6) is 0 Å². The molecule has 0 bridgehead atoms. The molecule has 0 radical (unpaired) electrons. The zero-order valence-corrected chi connectivity index (χ0v) is 6.85. The summed E-state index contributed by atoms with van der Waals surface area (Å²) in [6.07, 6.45) is 3.84. The van der Waals surface area contributed by atoms with E-state index in [2.05, 4.69) is 18.6 Å². The molecule has 0 unspecified atom stereocenters. The van der Waals surface area contributed by atoms with Crippen molar-refractivity contribution in [3.05, 3.63) is 24.9 Å². The Morgan fingerprint density at radius 2 is 2.20 bits per heavy atom. The fourth-order valence-corrected chi connectivity index (χ4v) is 0.648. The molecule has 0 saturated carbocycles. The standard InChI is InChI=1S/C8H16N2/c1-5-6-7-8(2)9-10(3)4/h5,9H,1-2,6-7H2,3-4H3. The monoisotopic (exact) mass is 140 g/mol. The minimum Gasteiger partial charge on any atom is -0.324 e. The molecule has 0 aliphatic carbocycles. The van der Waals surface area contributed by atoms with Crippen LogP contribution in [0.1, 0.15) is 12.8 Å². The summed E-state index contributed by atoms with van der Waals surface area (Å²) in [6.45, 7) is 7.46. The Morgan fingerprint density at radius 1 is 1.60 bits per heavy atom. The van der Waals surface area contributed by atoms with E-state index in [1.165, 1.54) is 0 Å². The molecule has 0 amide bonds. The predicted molar refractivity (Wildman–Crippen MR) is 45.4 cm³/mol. The second-order valence-electron chi connectivity index (χ2n) is 2.44. The number of nitrogens with one attached hydrogen (secondary N) is 1. The summed E-state index contributed by atoms with van der Waals surface area (Å²) in [6, 6.07) is 0. The van der Waals surface area contributed by atoms with Crippen molar-refractivity contribution >= 4 is 0 Å². The minimum absolute atomic E-state index is 0.960. The van der Waals surface area contributed by atoms with Crippen molar-refractivity contribution < 1.29 is 0 Å². The molecular formula is C8H16N2. The Kier molecular flexibility index (Phi) is 4.67. The van der Waals surface area contributed by atoms with Gasteiger partial charge in [0, 0.05) is 19.8 Å². The third-order valence-corrected chi connectivity index (χ3v) is 1.03. The van der Waals surface area contributed by atoms with E-state index in [0.717, 1.165) is 18.5 Å². The Morgan fingerprint density at radius 3 is 2.60 bits per heavy atom. The highest BCUT2D eigenvalue weighted by Crippen LogP contribution is 1.97. The van der Waals surface area contributed by atoms with Crippen LogP contribution in [0.3, 0.4) is 0 Å². The normalized spacial score (nSPS) is 9.50. The maximum atomic E-state index is 3.83. The minimum atomic E-state index is 0.960. The van der Waals surface area contributed by atoms with Crippen LogP contribution in [-0.2, 0) is 0 Å². The summed E-state index contributed by atoms with van der Waals surface area (Å²) < 4.78 is 0. The molecule has 58 valence electrons. The Labute approximate surface area is 63.2 Å². The maximum Gasteiger partial charge on any atom is 0.0195 e. The smallest absolute Gasteiger partial charge is 0.0195 e. The fraction of sp³-hybridized carbons (Fsp3) is 0.500. The van der Waals surface area contributed by atoms with Crippen LogP contribution in [0.15, 0.2) is 24.9 Å². The van der Waals surface area contributed by atoms with Gasteiger partial charge in [-0.2, -0.15) is 0 Å². The topological polar surface area (TPSA) is 15.3 Å². The molecule has 0 atom stereocenters. The summed E-state index contributed by atoms with van der Waals surface area (Å²) in [5.74, 6) is 0. The van der Waals surface area contributed by atoms with E-state index in [9.17, 15) is 0 Å². The number of nitrogens with zero attached hydrogens (tertiary/aromatic N) is 1. The van der Waals surface area contributed by atoms with Gasteiger partial charge >= 0.3 is 0 Å². The van der Waals surface area contributed by atoms with Gasteiger partial charge in [-0.3, -0.25) is 0 Å². The van der Waals surface area contributed by atoms with E-state index in [1.807, 2.05) is 25.2 Å². The molecule has 0 aromatic rings. The largest absolute Gasteiger partial charge is 0.324 e. The van der Waals surface area contributed by atoms with Gasteiger partial charge in [0.2, 0.25) is 0 Å². The third-order valence-electron chi connectivity index (χ3n) is 1.03. The lowest BCUT2D eigenvalue weighted by Gasteiger charge is -2.14. The lowest BCUT2D eigenvalue weighted by atomic mass is 10.2. The highest BCUT2D eigenvalue weighted by molar-refractivity contribution is 4.91. The van der Waals surface area contributed by atoms with E-state index in [4.69, 9.17) is 0 Å². The van der Waals surface area contributed by atoms with Crippen LogP contribution in [0.2, 0.25) is 0 Å². The van der Waals surface area contributed by atoms with E-state index < -0.39 is 0 Å². The van der Waals surface area contributed by atoms with Gasteiger partial charge in [0.25, 0.3) is 0 Å². The predicted octanol–water partition coefficient (Wildman–Crippen LogP) is 1.53. The highest BCUT2D eigenvalue weighted by atomic mass is 15.5. The fourth-order valence-electron chi connectivity index (χ4n) is 0.648. The summed E-state index contributed by atoms with van der Waals surface area (Å²) in [5.41, 5.74) is 4.10. The summed E-state index contributed by atoms with van der Waals surface area (Å²) >= 11 is 0. The first kappa shape index (κ1) is 9.24. The van der Waals surface area contributed by atoms with Crippen LogP contribution in [0.4, 0.5) is 0 Å². The average Bonchev–Trinajstić information content (AvgIpc) is 1.82. The summed E-state index contributed by atoms with van der Waals surface area (Å²) in [5, 5.41) is 1.88. The Hall–Kier alpha value is -0.760. The van der Waals surface area contributed by atoms with Gasteiger partial charge in [0.15, 0.2) is 0 Å². The second-order valence-corrected chi connectivity index (χ2v) is 2.44. The van der Waals surface area contributed by atoms with E-state index in [-0.39, 0.29) is 0 Å². The lowest BCUT2D eigenvalue weighted by Crippen LogP contribution is -2.28. The molecule has 2 heteroatoms. The van der Waals surface area contributed by atoms with E-state index >= 15 is 0 Å². The number of hydrogen-bond donors (Lipinski definition) is 1.